The van der Waals surface area contributed by atoms with E-state index >= 15 is 0 Å². The number of likely N-dealkylation sites (tertiary alicyclic amines) is 1. The second-order valence-corrected chi connectivity index (χ2v) is 12.6. The van der Waals surface area contributed by atoms with Gasteiger partial charge in [-0.1, -0.05) is 100 Å². The monoisotopic (exact) mass is 681 g/mol. The molecule has 1 rings (SSSR count). The van der Waals surface area contributed by atoms with Crippen LogP contribution in [-0.4, -0.2) is 88.4 Å². The Morgan fingerprint density at radius 3 is 1.48 bits per heavy atom. The Labute approximate surface area is 297 Å². The molecule has 0 aliphatic carbocycles. The average Bonchev–Trinajstić information content (AvgIpc) is 3.40. The predicted molar refractivity (Wildman–Crippen MR) is 218 cm³/mol. The number of nitrogens with zero attached hydrogens (tertiary/aromatic N) is 1. The Hall–Kier alpha value is -1.13. The van der Waals surface area contributed by atoms with Crippen LogP contribution in [-0.2, 0) is 4.74 Å². The smallest absolute Gasteiger partial charge is 0.120 e. The second-order valence-electron chi connectivity index (χ2n) is 12.1. The molecule has 0 aromatic carbocycles. The van der Waals surface area contributed by atoms with Crippen molar-refractivity contribution >= 4 is 12.6 Å². The van der Waals surface area contributed by atoms with E-state index in [-0.39, 0.29) is 11.6 Å². The van der Waals surface area contributed by atoms with Crippen LogP contribution in [0.25, 0.3) is 0 Å². The fraction of sp³-hybridized carbons (Fsp3) is 0.789. The number of allylic oxidation sites excluding steroid dienone is 4. The maximum Gasteiger partial charge on any atom is 0.120 e. The number of hydrogen-bond donors (Lipinski definition) is 6. The Kier molecular flexibility index (Phi) is 66.7. The Bertz CT molecular complexity index is 610. The van der Waals surface area contributed by atoms with Gasteiger partial charge in [0.05, 0.1) is 19.0 Å². The van der Waals surface area contributed by atoms with Gasteiger partial charge in [-0.3, -0.25) is 4.90 Å². The van der Waals surface area contributed by atoms with Crippen LogP contribution in [0.3, 0.4) is 0 Å². The summed E-state index contributed by atoms with van der Waals surface area (Å²) >= 11 is 4.14. The van der Waals surface area contributed by atoms with Crippen molar-refractivity contribution < 1.29 is 14.9 Å². The Morgan fingerprint density at radius 2 is 1.30 bits per heavy atom. The molecule has 0 spiro atoms. The summed E-state index contributed by atoms with van der Waals surface area (Å²) in [6.45, 7) is 39.0. The molecule has 284 valence electrons. The number of thiol groups is 1. The van der Waals surface area contributed by atoms with Crippen LogP contribution in [0.4, 0.5) is 0 Å². The summed E-state index contributed by atoms with van der Waals surface area (Å²) in [5.74, 6) is 0.833. The number of rotatable bonds is 6. The third-order valence-electron chi connectivity index (χ3n) is 5.21. The normalized spacial score (nSPS) is 14.2. The minimum Gasteiger partial charge on any atom is -0.505 e. The van der Waals surface area contributed by atoms with Crippen molar-refractivity contribution in [1.82, 2.24) is 20.9 Å². The van der Waals surface area contributed by atoms with E-state index in [4.69, 9.17) is 0 Å². The van der Waals surface area contributed by atoms with E-state index in [0.717, 1.165) is 22.9 Å². The van der Waals surface area contributed by atoms with Crippen LogP contribution in [0, 0.1) is 11.3 Å². The summed E-state index contributed by atoms with van der Waals surface area (Å²) in [5, 5.41) is 27.4. The highest BCUT2D eigenvalue weighted by Crippen LogP contribution is 2.28. The van der Waals surface area contributed by atoms with E-state index < -0.39 is 5.60 Å². The van der Waals surface area contributed by atoms with Crippen LogP contribution < -0.4 is 16.0 Å². The number of aliphatic hydroxyl groups excluding tert-OH is 1. The van der Waals surface area contributed by atoms with Crippen molar-refractivity contribution in [2.75, 3.05) is 55.4 Å². The Morgan fingerprint density at radius 1 is 0.978 bits per heavy atom. The number of methoxy groups -OCH3 is 1. The van der Waals surface area contributed by atoms with E-state index in [1.54, 1.807) is 7.11 Å². The van der Waals surface area contributed by atoms with E-state index in [2.05, 4.69) is 79.1 Å². The van der Waals surface area contributed by atoms with Gasteiger partial charge in [0.2, 0.25) is 0 Å². The van der Waals surface area contributed by atoms with Gasteiger partial charge in [-0.15, -0.1) is 12.6 Å². The number of hydrogen-bond acceptors (Lipinski definition) is 8. The highest BCUT2D eigenvalue weighted by molar-refractivity contribution is 7.84. The lowest BCUT2D eigenvalue weighted by molar-refractivity contribution is -0.0238. The molecule has 0 bridgehead atoms. The molecule has 0 aromatic heterocycles. The molecule has 0 saturated carbocycles. The summed E-state index contributed by atoms with van der Waals surface area (Å²) < 4.78 is 4.31. The maximum absolute atomic E-state index is 9.58. The highest BCUT2D eigenvalue weighted by Gasteiger charge is 2.29. The maximum atomic E-state index is 9.58. The second kappa shape index (κ2) is 48.3. The van der Waals surface area contributed by atoms with E-state index in [1.165, 1.54) is 19.1 Å². The molecule has 0 radical (unpaired) electrons. The molecule has 2 atom stereocenters. The van der Waals surface area contributed by atoms with E-state index in [9.17, 15) is 10.2 Å². The van der Waals surface area contributed by atoms with Gasteiger partial charge in [-0.05, 0) is 105 Å². The van der Waals surface area contributed by atoms with Crippen molar-refractivity contribution in [3.63, 3.8) is 0 Å². The van der Waals surface area contributed by atoms with Gasteiger partial charge >= 0.3 is 0 Å². The van der Waals surface area contributed by atoms with Crippen molar-refractivity contribution in [2.45, 2.75) is 135 Å². The highest BCUT2D eigenvalue weighted by atomic mass is 32.1. The molecule has 0 amide bonds. The number of nitrogens with one attached hydrogen (secondary N) is 3. The molecule has 7 nitrogen and oxygen atoms in total. The van der Waals surface area contributed by atoms with E-state index in [0.29, 0.717) is 12.6 Å². The van der Waals surface area contributed by atoms with E-state index in [1.807, 2.05) is 130 Å². The first-order chi connectivity index (χ1) is 21.1. The lowest BCUT2D eigenvalue weighted by Crippen LogP contribution is -2.43. The van der Waals surface area contributed by atoms with Crippen molar-refractivity contribution in [2.24, 2.45) is 11.3 Å². The summed E-state index contributed by atoms with van der Waals surface area (Å²) in [6, 6.07) is 0.554. The molecule has 5 N–H and O–H groups in total. The van der Waals surface area contributed by atoms with Crippen molar-refractivity contribution in [3.05, 3.63) is 48.1 Å². The SMILES string of the molecule is C=C(C)/C=C\C(S)=C/C.C=COC.CC.CC.CC(C)(C)C(C)(C)O.CC(C)C.CNC.CNC.CNCC(O)N1CCCC1C. The fourth-order valence-corrected chi connectivity index (χ4v) is 2.10. The van der Waals surface area contributed by atoms with Crippen molar-refractivity contribution in [3.8, 4) is 0 Å². The predicted octanol–water partition coefficient (Wildman–Crippen LogP) is 8.93. The van der Waals surface area contributed by atoms with Crippen LogP contribution in [0.2, 0.25) is 0 Å². The first-order valence-corrected chi connectivity index (χ1v) is 17.4. The zero-order valence-electron chi connectivity index (χ0n) is 35.0. The number of aliphatic hydroxyl groups is 2. The fourth-order valence-electron chi connectivity index (χ4n) is 2.02. The molecule has 46 heavy (non-hydrogen) atoms. The topological polar surface area (TPSA) is 89.0 Å². The van der Waals surface area contributed by atoms with Gasteiger partial charge in [-0.25, -0.2) is 0 Å². The summed E-state index contributed by atoms with van der Waals surface area (Å²) in [4.78, 5) is 3.12. The third kappa shape index (κ3) is 69.6. The van der Waals surface area contributed by atoms with Gasteiger partial charge in [0.1, 0.15) is 6.23 Å². The molecule has 0 aromatic rings. The number of ether oxygens (including phenoxy) is 1. The molecule has 8 heteroatoms. The first kappa shape index (κ1) is 63.5. The van der Waals surface area contributed by atoms with Crippen LogP contribution in [0.15, 0.2) is 48.1 Å². The molecule has 1 saturated heterocycles. The van der Waals surface area contributed by atoms with Gasteiger partial charge < -0.3 is 30.9 Å². The van der Waals surface area contributed by atoms with Gasteiger partial charge in [0, 0.05) is 19.1 Å². The zero-order chi connectivity index (χ0) is 38.9. The third-order valence-corrected chi connectivity index (χ3v) is 5.62. The summed E-state index contributed by atoms with van der Waals surface area (Å²) in [5.41, 5.74) is 0.475. The first-order valence-electron chi connectivity index (χ1n) is 16.9. The number of likely N-dealkylation sites (N-methyl/N-ethyl adjacent to an activating group) is 1. The van der Waals surface area contributed by atoms with Gasteiger partial charge in [0.25, 0.3) is 0 Å². The molecular weight excluding hydrogens is 593 g/mol. The lowest BCUT2D eigenvalue weighted by Gasteiger charge is -2.33. The van der Waals surface area contributed by atoms with Gasteiger partial charge in [0.15, 0.2) is 0 Å². The molecule has 1 aliphatic heterocycles. The summed E-state index contributed by atoms with van der Waals surface area (Å²) in [7, 11) is 10.9. The minimum absolute atomic E-state index is 0.00694. The van der Waals surface area contributed by atoms with Crippen LogP contribution in [0.1, 0.15) is 117 Å². The standard InChI is InChI=1S/C8H18N2O.C8H12S.C7H16O.C4H10.C3H6O.2C2H7N.2C2H6/c1-7-4-3-5-10(7)8(11)6-9-2;1-4-8(9)6-5-7(2)3;1-6(2,3)7(4,5)8;1-4(2)3;1-3-4-2;2*1-3-2;2*1-2/h7-9,11H,3-6H2,1-2H3;4-6,9H,2H2,1,3H3;8H,1-5H3;4H,1-3H3;3H,1H2,2H3;2*3H,1-2H3;2*1-2H3/b;6-5-,8-4+;;;;;;;. The largest absolute Gasteiger partial charge is 0.505 e. The average molecular weight is 681 g/mol. The van der Waals surface area contributed by atoms with Gasteiger partial charge in [-0.2, -0.15) is 0 Å². The van der Waals surface area contributed by atoms with Crippen LogP contribution >= 0.6 is 12.6 Å². The Balaban J connectivity index is -0.0000000631. The molecule has 1 aliphatic rings. The minimum atomic E-state index is -0.562. The van der Waals surface area contributed by atoms with Crippen molar-refractivity contribution in [1.29, 1.82) is 0 Å². The van der Waals surface area contributed by atoms with Crippen LogP contribution in [0.5, 0.6) is 0 Å². The molecule has 1 fully saturated rings. The zero-order valence-corrected chi connectivity index (χ0v) is 35.9. The lowest BCUT2D eigenvalue weighted by atomic mass is 9.79. The quantitative estimate of drug-likeness (QED) is 0.0949. The molecule has 1 heterocycles. The summed E-state index contributed by atoms with van der Waals surface area (Å²) in [6.07, 6.45) is 9.32. The molecule has 2 unspecified atom stereocenters. The molecular formula is C38H88N4O3S.